The molecule has 0 aromatic heterocycles. The molecule has 1 saturated carbocycles. The van der Waals surface area contributed by atoms with Gasteiger partial charge in [0.05, 0.1) is 6.61 Å². The van der Waals surface area contributed by atoms with Crippen molar-refractivity contribution in [2.45, 2.75) is 45.6 Å². The van der Waals surface area contributed by atoms with Crippen molar-refractivity contribution >= 4 is 11.9 Å². The number of hydrogen-bond donors (Lipinski definition) is 3. The van der Waals surface area contributed by atoms with E-state index in [1.165, 1.54) is 25.7 Å². The van der Waals surface area contributed by atoms with Crippen molar-refractivity contribution in [1.29, 1.82) is 0 Å². The Morgan fingerprint density at radius 2 is 2.14 bits per heavy atom. The van der Waals surface area contributed by atoms with E-state index in [2.05, 4.69) is 27.9 Å². The van der Waals surface area contributed by atoms with Crippen molar-refractivity contribution in [2.75, 3.05) is 33.4 Å². The minimum absolute atomic E-state index is 0.0822. The van der Waals surface area contributed by atoms with Crippen LogP contribution >= 0.6 is 0 Å². The zero-order chi connectivity index (χ0) is 15.5. The highest BCUT2D eigenvalue weighted by Gasteiger charge is 2.19. The lowest BCUT2D eigenvalue weighted by molar-refractivity contribution is -0.119. The molecule has 0 aromatic rings. The minimum atomic E-state index is -0.0822. The zero-order valence-corrected chi connectivity index (χ0v) is 13.6. The van der Waals surface area contributed by atoms with E-state index in [0.717, 1.165) is 18.4 Å². The standard InChI is InChI=1S/C15H30N4O2/c1-4-16-15(18-11-14(20)17-8-9-21-3)19-13-7-5-6-12(2)10-13/h12-13H,4-11H2,1-3H3,(H,17,20)(H2,16,18,19). The minimum Gasteiger partial charge on any atom is -0.383 e. The van der Waals surface area contributed by atoms with Crippen LogP contribution in [0.15, 0.2) is 4.99 Å². The lowest BCUT2D eigenvalue weighted by Gasteiger charge is -2.28. The second kappa shape index (κ2) is 10.4. The summed E-state index contributed by atoms with van der Waals surface area (Å²) in [6.07, 6.45) is 4.92. The first kappa shape index (κ1) is 17.8. The Morgan fingerprint density at radius 1 is 1.33 bits per heavy atom. The number of amides is 1. The molecule has 0 bridgehead atoms. The van der Waals surface area contributed by atoms with Gasteiger partial charge in [0.2, 0.25) is 5.91 Å². The Labute approximate surface area is 128 Å². The zero-order valence-electron chi connectivity index (χ0n) is 13.6. The van der Waals surface area contributed by atoms with Gasteiger partial charge in [-0.3, -0.25) is 4.79 Å². The molecule has 1 aliphatic rings. The van der Waals surface area contributed by atoms with E-state index in [-0.39, 0.29) is 12.5 Å². The van der Waals surface area contributed by atoms with Crippen LogP contribution in [0.3, 0.4) is 0 Å². The average Bonchev–Trinajstić information content (AvgIpc) is 2.45. The molecule has 0 heterocycles. The van der Waals surface area contributed by atoms with Gasteiger partial charge in [0.25, 0.3) is 0 Å². The second-order valence-corrected chi connectivity index (χ2v) is 5.65. The monoisotopic (exact) mass is 298 g/mol. The molecular weight excluding hydrogens is 268 g/mol. The van der Waals surface area contributed by atoms with Gasteiger partial charge in [-0.05, 0) is 25.7 Å². The van der Waals surface area contributed by atoms with E-state index in [1.807, 2.05) is 6.92 Å². The molecule has 6 nitrogen and oxygen atoms in total. The Bertz CT molecular complexity index is 334. The topological polar surface area (TPSA) is 74.8 Å². The summed E-state index contributed by atoms with van der Waals surface area (Å²) < 4.78 is 4.89. The molecule has 21 heavy (non-hydrogen) atoms. The smallest absolute Gasteiger partial charge is 0.241 e. The van der Waals surface area contributed by atoms with Gasteiger partial charge in [0.15, 0.2) is 5.96 Å². The fourth-order valence-corrected chi connectivity index (χ4v) is 2.58. The number of guanidine groups is 1. The van der Waals surface area contributed by atoms with Gasteiger partial charge in [-0.25, -0.2) is 4.99 Å². The predicted octanol–water partition coefficient (Wildman–Crippen LogP) is 0.883. The average molecular weight is 298 g/mol. The Kier molecular flexibility index (Phi) is 8.82. The van der Waals surface area contributed by atoms with Gasteiger partial charge < -0.3 is 20.7 Å². The SMILES string of the molecule is CCNC(=NCC(=O)NCCOC)NC1CCCC(C)C1. The summed E-state index contributed by atoms with van der Waals surface area (Å²) in [5, 5.41) is 9.41. The number of aliphatic imine (C=N–C) groups is 1. The van der Waals surface area contributed by atoms with Crippen molar-refractivity contribution in [3.63, 3.8) is 0 Å². The molecule has 0 aliphatic heterocycles. The lowest BCUT2D eigenvalue weighted by Crippen LogP contribution is -2.45. The lowest BCUT2D eigenvalue weighted by atomic mass is 9.87. The number of rotatable bonds is 7. The molecule has 0 spiro atoms. The summed E-state index contributed by atoms with van der Waals surface area (Å²) in [6.45, 7) is 6.30. The van der Waals surface area contributed by atoms with Crippen LogP contribution in [0, 0.1) is 5.92 Å². The second-order valence-electron chi connectivity index (χ2n) is 5.65. The van der Waals surface area contributed by atoms with Crippen LogP contribution in [-0.2, 0) is 9.53 Å². The quantitative estimate of drug-likeness (QED) is 0.371. The molecule has 0 saturated heterocycles. The fraction of sp³-hybridized carbons (Fsp3) is 0.867. The number of hydrogen-bond acceptors (Lipinski definition) is 3. The molecule has 6 heteroatoms. The van der Waals surface area contributed by atoms with Gasteiger partial charge in [0, 0.05) is 26.2 Å². The summed E-state index contributed by atoms with van der Waals surface area (Å²) in [5.74, 6) is 1.41. The van der Waals surface area contributed by atoms with Crippen molar-refractivity contribution in [3.8, 4) is 0 Å². The number of ether oxygens (including phenoxy) is 1. The number of nitrogens with zero attached hydrogens (tertiary/aromatic N) is 1. The predicted molar refractivity (Wildman–Crippen MR) is 85.4 cm³/mol. The van der Waals surface area contributed by atoms with Crippen LogP contribution < -0.4 is 16.0 Å². The summed E-state index contributed by atoms with van der Waals surface area (Å²) >= 11 is 0. The molecule has 2 unspecified atom stereocenters. The van der Waals surface area contributed by atoms with Gasteiger partial charge in [-0.15, -0.1) is 0 Å². The maximum absolute atomic E-state index is 11.6. The van der Waals surface area contributed by atoms with E-state index in [1.54, 1.807) is 7.11 Å². The van der Waals surface area contributed by atoms with Gasteiger partial charge in [0.1, 0.15) is 6.54 Å². The summed E-state index contributed by atoms with van der Waals surface area (Å²) in [5.41, 5.74) is 0. The first-order valence-corrected chi connectivity index (χ1v) is 7.96. The number of methoxy groups -OCH3 is 1. The van der Waals surface area contributed by atoms with Crippen LogP contribution in [0.2, 0.25) is 0 Å². The molecule has 3 N–H and O–H groups in total. The van der Waals surface area contributed by atoms with E-state index < -0.39 is 0 Å². The fourth-order valence-electron chi connectivity index (χ4n) is 2.58. The van der Waals surface area contributed by atoms with E-state index in [9.17, 15) is 4.79 Å². The third-order valence-corrected chi connectivity index (χ3v) is 3.63. The highest BCUT2D eigenvalue weighted by atomic mass is 16.5. The van der Waals surface area contributed by atoms with E-state index in [4.69, 9.17) is 4.74 Å². The Morgan fingerprint density at radius 3 is 2.81 bits per heavy atom. The Balaban J connectivity index is 2.39. The third kappa shape index (κ3) is 7.90. The summed E-state index contributed by atoms with van der Waals surface area (Å²) in [7, 11) is 1.61. The molecule has 2 atom stereocenters. The highest BCUT2D eigenvalue weighted by Crippen LogP contribution is 2.23. The largest absolute Gasteiger partial charge is 0.383 e. The maximum atomic E-state index is 11.6. The van der Waals surface area contributed by atoms with Crippen LogP contribution in [0.1, 0.15) is 39.5 Å². The Hall–Kier alpha value is -1.30. The van der Waals surface area contributed by atoms with E-state index in [0.29, 0.717) is 19.2 Å². The van der Waals surface area contributed by atoms with Gasteiger partial charge in [-0.2, -0.15) is 0 Å². The third-order valence-electron chi connectivity index (χ3n) is 3.63. The first-order valence-electron chi connectivity index (χ1n) is 7.96. The summed E-state index contributed by atoms with van der Waals surface area (Å²) in [6, 6.07) is 0.461. The summed E-state index contributed by atoms with van der Waals surface area (Å²) in [4.78, 5) is 16.0. The number of carbonyl (C=O) groups excluding carboxylic acids is 1. The highest BCUT2D eigenvalue weighted by molar-refractivity contribution is 5.85. The molecular formula is C15H30N4O2. The molecule has 0 aromatic carbocycles. The van der Waals surface area contributed by atoms with Gasteiger partial charge in [-0.1, -0.05) is 19.8 Å². The van der Waals surface area contributed by atoms with Crippen LogP contribution in [0.4, 0.5) is 0 Å². The molecule has 0 radical (unpaired) electrons. The van der Waals surface area contributed by atoms with E-state index >= 15 is 0 Å². The van der Waals surface area contributed by atoms with Crippen molar-refractivity contribution in [3.05, 3.63) is 0 Å². The van der Waals surface area contributed by atoms with Crippen molar-refractivity contribution in [1.82, 2.24) is 16.0 Å². The van der Waals surface area contributed by atoms with Crippen LogP contribution in [-0.4, -0.2) is 51.3 Å². The molecule has 1 fully saturated rings. The van der Waals surface area contributed by atoms with Crippen molar-refractivity contribution < 1.29 is 9.53 Å². The van der Waals surface area contributed by atoms with Gasteiger partial charge >= 0.3 is 0 Å². The molecule has 122 valence electrons. The molecule has 1 rings (SSSR count). The van der Waals surface area contributed by atoms with Crippen LogP contribution in [0.5, 0.6) is 0 Å². The molecule has 1 aliphatic carbocycles. The van der Waals surface area contributed by atoms with Crippen LogP contribution in [0.25, 0.3) is 0 Å². The number of nitrogens with one attached hydrogen (secondary N) is 3. The first-order chi connectivity index (χ1) is 10.2. The molecule has 1 amide bonds. The number of carbonyl (C=O) groups is 1. The maximum Gasteiger partial charge on any atom is 0.241 e. The van der Waals surface area contributed by atoms with Crippen molar-refractivity contribution in [2.24, 2.45) is 10.9 Å². The normalized spacial score (nSPS) is 22.7.